The summed E-state index contributed by atoms with van der Waals surface area (Å²) in [6.45, 7) is 1.44. The average molecular weight is 281 g/mol. The second-order valence-electron chi connectivity index (χ2n) is 4.93. The van der Waals surface area contributed by atoms with Gasteiger partial charge >= 0.3 is 12.0 Å². The SMILES string of the molecule is CN1CCCC1CNC(=O)Nc1cnn(CC(=O)O)c1. The number of anilines is 1. The Kier molecular flexibility index (Phi) is 4.57. The van der Waals surface area contributed by atoms with Crippen molar-refractivity contribution in [2.24, 2.45) is 0 Å². The van der Waals surface area contributed by atoms with Gasteiger partial charge in [-0.2, -0.15) is 5.10 Å². The highest BCUT2D eigenvalue weighted by atomic mass is 16.4. The zero-order chi connectivity index (χ0) is 14.5. The summed E-state index contributed by atoms with van der Waals surface area (Å²) in [5.74, 6) is -0.978. The number of amides is 2. The number of carbonyl (C=O) groups is 2. The number of hydrogen-bond donors (Lipinski definition) is 3. The largest absolute Gasteiger partial charge is 0.480 e. The molecule has 2 heterocycles. The van der Waals surface area contributed by atoms with E-state index >= 15 is 0 Å². The van der Waals surface area contributed by atoms with Crippen LogP contribution in [0.1, 0.15) is 12.8 Å². The molecule has 1 fully saturated rings. The third-order valence-corrected chi connectivity index (χ3v) is 3.36. The molecule has 1 saturated heterocycles. The number of carboxylic acids is 1. The van der Waals surface area contributed by atoms with Crippen LogP contribution >= 0.6 is 0 Å². The van der Waals surface area contributed by atoms with Crippen molar-refractivity contribution < 1.29 is 14.7 Å². The van der Waals surface area contributed by atoms with Gasteiger partial charge < -0.3 is 20.6 Å². The molecule has 20 heavy (non-hydrogen) atoms. The summed E-state index contributed by atoms with van der Waals surface area (Å²) in [6.07, 6.45) is 5.15. The Morgan fingerprint density at radius 3 is 3.00 bits per heavy atom. The fourth-order valence-electron chi connectivity index (χ4n) is 2.28. The lowest BCUT2D eigenvalue weighted by atomic mass is 10.2. The summed E-state index contributed by atoms with van der Waals surface area (Å²) >= 11 is 0. The number of likely N-dealkylation sites (tertiary alicyclic amines) is 1. The van der Waals surface area contributed by atoms with Gasteiger partial charge in [-0.15, -0.1) is 0 Å². The van der Waals surface area contributed by atoms with E-state index in [4.69, 9.17) is 5.11 Å². The van der Waals surface area contributed by atoms with Crippen molar-refractivity contribution in [3.8, 4) is 0 Å². The van der Waals surface area contributed by atoms with Crippen molar-refractivity contribution in [1.29, 1.82) is 0 Å². The molecule has 0 saturated carbocycles. The van der Waals surface area contributed by atoms with Gasteiger partial charge in [0.1, 0.15) is 6.54 Å². The molecule has 0 aliphatic carbocycles. The maximum Gasteiger partial charge on any atom is 0.325 e. The van der Waals surface area contributed by atoms with E-state index in [9.17, 15) is 9.59 Å². The summed E-state index contributed by atoms with van der Waals surface area (Å²) in [7, 11) is 2.05. The summed E-state index contributed by atoms with van der Waals surface area (Å²) in [6, 6.07) is 0.0793. The highest BCUT2D eigenvalue weighted by molar-refractivity contribution is 5.88. The Morgan fingerprint density at radius 2 is 2.35 bits per heavy atom. The van der Waals surface area contributed by atoms with E-state index in [-0.39, 0.29) is 12.6 Å². The van der Waals surface area contributed by atoms with Crippen molar-refractivity contribution in [1.82, 2.24) is 20.0 Å². The van der Waals surface area contributed by atoms with Crippen molar-refractivity contribution in [3.63, 3.8) is 0 Å². The number of nitrogens with zero attached hydrogens (tertiary/aromatic N) is 3. The number of carboxylic acid groups (broad SMARTS) is 1. The van der Waals surface area contributed by atoms with Crippen LogP contribution in [-0.4, -0.2) is 58.0 Å². The van der Waals surface area contributed by atoms with Crippen LogP contribution in [0.3, 0.4) is 0 Å². The predicted molar refractivity (Wildman–Crippen MR) is 72.5 cm³/mol. The second kappa shape index (κ2) is 6.38. The molecule has 2 amide bonds. The number of rotatable bonds is 5. The zero-order valence-corrected chi connectivity index (χ0v) is 11.4. The lowest BCUT2D eigenvalue weighted by Crippen LogP contribution is -2.40. The first kappa shape index (κ1) is 14.3. The molecule has 1 atom stereocenters. The van der Waals surface area contributed by atoms with Gasteiger partial charge in [-0.3, -0.25) is 9.48 Å². The van der Waals surface area contributed by atoms with E-state index in [0.717, 1.165) is 19.4 Å². The second-order valence-corrected chi connectivity index (χ2v) is 4.93. The Hall–Kier alpha value is -2.09. The molecule has 0 radical (unpaired) electrons. The minimum Gasteiger partial charge on any atom is -0.480 e. The number of hydrogen-bond acceptors (Lipinski definition) is 4. The third-order valence-electron chi connectivity index (χ3n) is 3.36. The first-order valence-corrected chi connectivity index (χ1v) is 6.54. The first-order chi connectivity index (χ1) is 9.54. The summed E-state index contributed by atoms with van der Waals surface area (Å²) in [5.41, 5.74) is 0.475. The van der Waals surface area contributed by atoms with Gasteiger partial charge in [0.15, 0.2) is 0 Å². The Balaban J connectivity index is 1.76. The maximum absolute atomic E-state index is 11.7. The van der Waals surface area contributed by atoms with Crippen molar-refractivity contribution in [2.45, 2.75) is 25.4 Å². The molecule has 1 aromatic rings. The monoisotopic (exact) mass is 281 g/mol. The van der Waals surface area contributed by atoms with Crippen LogP contribution in [0.15, 0.2) is 12.4 Å². The van der Waals surface area contributed by atoms with Crippen molar-refractivity contribution in [2.75, 3.05) is 25.5 Å². The molecular weight excluding hydrogens is 262 g/mol. The van der Waals surface area contributed by atoms with Gasteiger partial charge in [0, 0.05) is 18.8 Å². The summed E-state index contributed by atoms with van der Waals surface area (Å²) < 4.78 is 1.25. The fraction of sp³-hybridized carbons (Fsp3) is 0.583. The lowest BCUT2D eigenvalue weighted by molar-refractivity contribution is -0.137. The molecule has 0 bridgehead atoms. The van der Waals surface area contributed by atoms with Crippen LogP contribution in [0.25, 0.3) is 0 Å². The van der Waals surface area contributed by atoms with Crippen LogP contribution in [-0.2, 0) is 11.3 Å². The number of aromatic nitrogens is 2. The molecule has 3 N–H and O–H groups in total. The molecule has 1 aromatic heterocycles. The van der Waals surface area contributed by atoms with E-state index in [1.165, 1.54) is 17.1 Å². The van der Waals surface area contributed by atoms with Gasteiger partial charge in [0.25, 0.3) is 0 Å². The molecule has 0 spiro atoms. The minimum atomic E-state index is -0.978. The molecular formula is C12H19N5O3. The van der Waals surface area contributed by atoms with Crippen molar-refractivity contribution in [3.05, 3.63) is 12.4 Å². The van der Waals surface area contributed by atoms with Crippen molar-refractivity contribution >= 4 is 17.7 Å². The number of nitrogens with one attached hydrogen (secondary N) is 2. The van der Waals surface area contributed by atoms with E-state index < -0.39 is 5.97 Å². The molecule has 0 aromatic carbocycles. The lowest BCUT2D eigenvalue weighted by Gasteiger charge is -2.19. The average Bonchev–Trinajstić information content (AvgIpc) is 2.96. The van der Waals surface area contributed by atoms with Gasteiger partial charge in [0.05, 0.1) is 11.9 Å². The minimum absolute atomic E-state index is 0.226. The normalized spacial score (nSPS) is 18.9. The zero-order valence-electron chi connectivity index (χ0n) is 11.4. The molecule has 110 valence electrons. The van der Waals surface area contributed by atoms with Gasteiger partial charge in [-0.1, -0.05) is 0 Å². The highest BCUT2D eigenvalue weighted by Crippen LogP contribution is 2.13. The van der Waals surface area contributed by atoms with Gasteiger partial charge in [0.2, 0.25) is 0 Å². The van der Waals surface area contributed by atoms with E-state index in [1.807, 2.05) is 7.05 Å². The molecule has 1 aliphatic rings. The third kappa shape index (κ3) is 3.95. The van der Waals surface area contributed by atoms with Crippen LogP contribution in [0.4, 0.5) is 10.5 Å². The highest BCUT2D eigenvalue weighted by Gasteiger charge is 2.21. The van der Waals surface area contributed by atoms with Gasteiger partial charge in [-0.05, 0) is 26.4 Å². The molecule has 8 nitrogen and oxygen atoms in total. The summed E-state index contributed by atoms with van der Waals surface area (Å²) in [4.78, 5) is 24.5. The fourth-order valence-corrected chi connectivity index (χ4v) is 2.28. The van der Waals surface area contributed by atoms with E-state index in [0.29, 0.717) is 18.3 Å². The number of urea groups is 1. The predicted octanol–water partition coefficient (Wildman–Crippen LogP) is 0.183. The number of carbonyl (C=O) groups excluding carboxylic acids is 1. The van der Waals surface area contributed by atoms with Crippen LogP contribution < -0.4 is 10.6 Å². The van der Waals surface area contributed by atoms with E-state index in [1.54, 1.807) is 0 Å². The van der Waals surface area contributed by atoms with Crippen LogP contribution in [0.2, 0.25) is 0 Å². The molecule has 2 rings (SSSR count). The topological polar surface area (TPSA) is 99.5 Å². The van der Waals surface area contributed by atoms with E-state index in [2.05, 4.69) is 20.6 Å². The standard InChI is InChI=1S/C12H19N5O3/c1-16-4-2-3-10(16)6-13-12(20)15-9-5-14-17(7-9)8-11(18)19/h5,7,10H,2-4,6,8H2,1H3,(H,18,19)(H2,13,15,20). The smallest absolute Gasteiger partial charge is 0.325 e. The van der Waals surface area contributed by atoms with Crippen LogP contribution in [0, 0.1) is 0 Å². The summed E-state index contributed by atoms with van der Waals surface area (Å²) in [5, 5.41) is 17.9. The molecule has 1 unspecified atom stereocenters. The number of likely N-dealkylation sites (N-methyl/N-ethyl adjacent to an activating group) is 1. The Morgan fingerprint density at radius 1 is 1.55 bits per heavy atom. The number of aliphatic carboxylic acids is 1. The quantitative estimate of drug-likeness (QED) is 0.715. The van der Waals surface area contributed by atoms with Crippen LogP contribution in [0.5, 0.6) is 0 Å². The Labute approximate surface area is 116 Å². The maximum atomic E-state index is 11.7. The molecule has 8 heteroatoms. The first-order valence-electron chi connectivity index (χ1n) is 6.54. The molecule has 1 aliphatic heterocycles. The Bertz CT molecular complexity index is 487. The van der Waals surface area contributed by atoms with Gasteiger partial charge in [-0.25, -0.2) is 4.79 Å².